The van der Waals surface area contributed by atoms with Crippen LogP contribution in [0.1, 0.15) is 11.1 Å². The minimum absolute atomic E-state index is 0.161. The van der Waals surface area contributed by atoms with E-state index in [0.717, 1.165) is 27.6 Å². The highest BCUT2D eigenvalue weighted by Gasteiger charge is 2.22. The standard InChI is InChI=1S/C15H15F2NO2S/c1-11-5-3-4-6-12(11)10-18(2)21(19,20)13-7-8-14(16)15(17)9-13/h3-9H,10H2,1-2H3. The number of rotatable bonds is 4. The van der Waals surface area contributed by atoms with Gasteiger partial charge in [-0.1, -0.05) is 24.3 Å². The number of hydrogen-bond donors (Lipinski definition) is 0. The molecular weight excluding hydrogens is 296 g/mol. The normalized spacial score (nSPS) is 11.9. The molecule has 2 aromatic carbocycles. The highest BCUT2D eigenvalue weighted by Crippen LogP contribution is 2.20. The molecule has 112 valence electrons. The van der Waals surface area contributed by atoms with Gasteiger partial charge in [-0.15, -0.1) is 0 Å². The molecular formula is C15H15F2NO2S. The minimum Gasteiger partial charge on any atom is -0.207 e. The summed E-state index contributed by atoms with van der Waals surface area (Å²) in [6.07, 6.45) is 0. The van der Waals surface area contributed by atoms with Crippen LogP contribution in [-0.2, 0) is 16.6 Å². The van der Waals surface area contributed by atoms with Gasteiger partial charge < -0.3 is 0 Å². The summed E-state index contributed by atoms with van der Waals surface area (Å²) in [5, 5.41) is 0. The Kier molecular flexibility index (Phi) is 4.39. The van der Waals surface area contributed by atoms with E-state index >= 15 is 0 Å². The van der Waals surface area contributed by atoms with Gasteiger partial charge in [0, 0.05) is 13.6 Å². The molecule has 0 aliphatic rings. The van der Waals surface area contributed by atoms with Crippen LogP contribution in [0.3, 0.4) is 0 Å². The van der Waals surface area contributed by atoms with Crippen LogP contribution in [0.2, 0.25) is 0 Å². The average Bonchev–Trinajstić information content (AvgIpc) is 2.44. The first-order valence-electron chi connectivity index (χ1n) is 6.28. The lowest BCUT2D eigenvalue weighted by molar-refractivity contribution is 0.463. The van der Waals surface area contributed by atoms with Gasteiger partial charge in [0.1, 0.15) is 0 Å². The van der Waals surface area contributed by atoms with Gasteiger partial charge in [-0.25, -0.2) is 17.2 Å². The molecule has 0 radical (unpaired) electrons. The second-order valence-electron chi connectivity index (χ2n) is 4.76. The lowest BCUT2D eigenvalue weighted by Crippen LogP contribution is -2.27. The molecule has 0 saturated carbocycles. The van der Waals surface area contributed by atoms with E-state index in [2.05, 4.69) is 0 Å². The third kappa shape index (κ3) is 3.28. The van der Waals surface area contributed by atoms with Gasteiger partial charge in [0.05, 0.1) is 4.90 Å². The third-order valence-corrected chi connectivity index (χ3v) is 5.05. The molecule has 0 heterocycles. The summed E-state index contributed by atoms with van der Waals surface area (Å²) in [4.78, 5) is -0.266. The molecule has 6 heteroatoms. The summed E-state index contributed by atoms with van der Waals surface area (Å²) in [5.41, 5.74) is 1.82. The molecule has 2 aromatic rings. The maximum Gasteiger partial charge on any atom is 0.243 e. The summed E-state index contributed by atoms with van der Waals surface area (Å²) in [7, 11) is -2.46. The number of nitrogens with zero attached hydrogens (tertiary/aromatic N) is 1. The highest BCUT2D eigenvalue weighted by molar-refractivity contribution is 7.89. The van der Waals surface area contributed by atoms with Gasteiger partial charge in [0.2, 0.25) is 10.0 Å². The maximum absolute atomic E-state index is 13.2. The second kappa shape index (κ2) is 5.91. The van der Waals surface area contributed by atoms with Crippen LogP contribution in [0.15, 0.2) is 47.4 Å². The van der Waals surface area contributed by atoms with Crippen molar-refractivity contribution in [1.29, 1.82) is 0 Å². The Morgan fingerprint density at radius 1 is 1.05 bits per heavy atom. The van der Waals surface area contributed by atoms with Crippen LogP contribution in [-0.4, -0.2) is 19.8 Å². The summed E-state index contributed by atoms with van der Waals surface area (Å²) in [5.74, 6) is -2.25. The quantitative estimate of drug-likeness (QED) is 0.870. The third-order valence-electron chi connectivity index (χ3n) is 3.25. The minimum atomic E-state index is -3.87. The Bertz CT molecular complexity index is 760. The number of aryl methyl sites for hydroxylation is 1. The van der Waals surface area contributed by atoms with Gasteiger partial charge in [-0.05, 0) is 36.2 Å². The van der Waals surface area contributed by atoms with Crippen molar-refractivity contribution >= 4 is 10.0 Å². The Labute approximate surface area is 122 Å². The van der Waals surface area contributed by atoms with E-state index in [9.17, 15) is 17.2 Å². The zero-order chi connectivity index (χ0) is 15.6. The van der Waals surface area contributed by atoms with E-state index in [1.165, 1.54) is 7.05 Å². The van der Waals surface area contributed by atoms with E-state index in [0.29, 0.717) is 6.07 Å². The monoisotopic (exact) mass is 311 g/mol. The van der Waals surface area contributed by atoms with Crippen molar-refractivity contribution in [1.82, 2.24) is 4.31 Å². The molecule has 0 bridgehead atoms. The summed E-state index contributed by atoms with van der Waals surface area (Å²) in [6.45, 7) is 2.04. The molecule has 21 heavy (non-hydrogen) atoms. The number of benzene rings is 2. The van der Waals surface area contributed by atoms with Crippen LogP contribution >= 0.6 is 0 Å². The molecule has 0 amide bonds. The molecule has 2 rings (SSSR count). The van der Waals surface area contributed by atoms with Gasteiger partial charge in [-0.2, -0.15) is 4.31 Å². The van der Waals surface area contributed by atoms with Crippen molar-refractivity contribution in [3.63, 3.8) is 0 Å². The molecule has 0 atom stereocenters. The van der Waals surface area contributed by atoms with E-state index in [1.54, 1.807) is 0 Å². The topological polar surface area (TPSA) is 37.4 Å². The van der Waals surface area contributed by atoms with Crippen molar-refractivity contribution < 1.29 is 17.2 Å². The van der Waals surface area contributed by atoms with Gasteiger partial charge >= 0.3 is 0 Å². The summed E-state index contributed by atoms with van der Waals surface area (Å²) >= 11 is 0. The highest BCUT2D eigenvalue weighted by atomic mass is 32.2. The zero-order valence-electron chi connectivity index (χ0n) is 11.7. The smallest absolute Gasteiger partial charge is 0.207 e. The van der Waals surface area contributed by atoms with Crippen molar-refractivity contribution in [2.75, 3.05) is 7.05 Å². The Morgan fingerprint density at radius 3 is 2.33 bits per heavy atom. The predicted molar refractivity (Wildman–Crippen MR) is 76.2 cm³/mol. The molecule has 3 nitrogen and oxygen atoms in total. The molecule has 0 saturated heterocycles. The molecule has 0 spiro atoms. The fraction of sp³-hybridized carbons (Fsp3) is 0.200. The van der Waals surface area contributed by atoms with Crippen LogP contribution in [0.25, 0.3) is 0 Å². The number of halogens is 2. The van der Waals surface area contributed by atoms with Gasteiger partial charge in [0.15, 0.2) is 11.6 Å². The summed E-state index contributed by atoms with van der Waals surface area (Å²) in [6, 6.07) is 9.95. The predicted octanol–water partition coefficient (Wildman–Crippen LogP) is 3.09. The molecule has 0 aliphatic heterocycles. The Morgan fingerprint density at radius 2 is 1.71 bits per heavy atom. The average molecular weight is 311 g/mol. The number of hydrogen-bond acceptors (Lipinski definition) is 2. The Balaban J connectivity index is 2.30. The van der Waals surface area contributed by atoms with Crippen molar-refractivity contribution in [2.24, 2.45) is 0 Å². The van der Waals surface area contributed by atoms with Crippen LogP contribution in [0.4, 0.5) is 8.78 Å². The largest absolute Gasteiger partial charge is 0.243 e. The lowest BCUT2D eigenvalue weighted by Gasteiger charge is -2.18. The van der Waals surface area contributed by atoms with Crippen LogP contribution in [0.5, 0.6) is 0 Å². The molecule has 0 fully saturated rings. The first-order valence-corrected chi connectivity index (χ1v) is 7.72. The van der Waals surface area contributed by atoms with Crippen molar-refractivity contribution in [3.05, 3.63) is 65.2 Å². The molecule has 0 unspecified atom stereocenters. The van der Waals surface area contributed by atoms with E-state index in [1.807, 2.05) is 31.2 Å². The van der Waals surface area contributed by atoms with E-state index < -0.39 is 21.7 Å². The maximum atomic E-state index is 13.2. The van der Waals surface area contributed by atoms with Gasteiger partial charge in [-0.3, -0.25) is 0 Å². The van der Waals surface area contributed by atoms with E-state index in [-0.39, 0.29) is 11.4 Å². The van der Waals surface area contributed by atoms with E-state index in [4.69, 9.17) is 0 Å². The van der Waals surface area contributed by atoms with Crippen molar-refractivity contribution in [3.8, 4) is 0 Å². The first-order chi connectivity index (χ1) is 9.82. The summed E-state index contributed by atoms with van der Waals surface area (Å²) < 4.78 is 51.9. The van der Waals surface area contributed by atoms with Crippen molar-refractivity contribution in [2.45, 2.75) is 18.4 Å². The number of sulfonamides is 1. The fourth-order valence-electron chi connectivity index (χ4n) is 1.93. The van der Waals surface area contributed by atoms with Gasteiger partial charge in [0.25, 0.3) is 0 Å². The SMILES string of the molecule is Cc1ccccc1CN(C)S(=O)(=O)c1ccc(F)c(F)c1. The fourth-order valence-corrected chi connectivity index (χ4v) is 3.09. The second-order valence-corrected chi connectivity index (χ2v) is 6.81. The molecule has 0 N–H and O–H groups in total. The lowest BCUT2D eigenvalue weighted by atomic mass is 10.1. The van der Waals surface area contributed by atoms with Crippen LogP contribution < -0.4 is 0 Å². The molecule has 0 aliphatic carbocycles. The van der Waals surface area contributed by atoms with Crippen LogP contribution in [0, 0.1) is 18.6 Å². The zero-order valence-corrected chi connectivity index (χ0v) is 12.5. The Hall–Kier alpha value is -1.79. The molecule has 0 aromatic heterocycles. The first kappa shape index (κ1) is 15.6.